The summed E-state index contributed by atoms with van der Waals surface area (Å²) >= 11 is 0. The van der Waals surface area contributed by atoms with Crippen LogP contribution in [0.5, 0.6) is 0 Å². The molecule has 18 heavy (non-hydrogen) atoms. The lowest BCUT2D eigenvalue weighted by atomic mass is 9.98. The highest BCUT2D eigenvalue weighted by molar-refractivity contribution is 5.83. The Hall–Kier alpha value is -1.22. The van der Waals surface area contributed by atoms with Crippen LogP contribution in [0.25, 0.3) is 0 Å². The second-order valence-electron chi connectivity index (χ2n) is 5.55. The summed E-state index contributed by atoms with van der Waals surface area (Å²) in [6, 6.07) is 0.703. The maximum absolute atomic E-state index is 13.7. The third-order valence-electron chi connectivity index (χ3n) is 3.89. The highest BCUT2D eigenvalue weighted by Gasteiger charge is 2.57. The molecule has 0 aromatic carbocycles. The predicted octanol–water partition coefficient (Wildman–Crippen LogP) is 1.28. The van der Waals surface area contributed by atoms with Crippen LogP contribution in [0, 0.1) is 11.3 Å². The zero-order valence-corrected chi connectivity index (χ0v) is 10.5. The van der Waals surface area contributed by atoms with E-state index in [2.05, 4.69) is 5.32 Å². The largest absolute Gasteiger partial charge is 0.325 e. The van der Waals surface area contributed by atoms with Gasteiger partial charge >= 0.3 is 0 Å². The third kappa shape index (κ3) is 1.97. The molecular formula is C12H17F2N3O. The van der Waals surface area contributed by atoms with Crippen LogP contribution in [-0.2, 0) is 4.79 Å². The van der Waals surface area contributed by atoms with Gasteiger partial charge < -0.3 is 4.90 Å². The molecule has 1 N–H and O–H groups in total. The molecule has 2 aliphatic rings. The van der Waals surface area contributed by atoms with Crippen molar-refractivity contribution < 1.29 is 13.6 Å². The highest BCUT2D eigenvalue weighted by Crippen LogP contribution is 2.39. The summed E-state index contributed by atoms with van der Waals surface area (Å²) in [4.78, 5) is 13.6. The minimum Gasteiger partial charge on any atom is -0.325 e. The van der Waals surface area contributed by atoms with Gasteiger partial charge in [0.05, 0.1) is 17.6 Å². The van der Waals surface area contributed by atoms with Crippen LogP contribution in [0.4, 0.5) is 8.78 Å². The van der Waals surface area contributed by atoms with Gasteiger partial charge in [0.15, 0.2) is 0 Å². The molecule has 2 rings (SSSR count). The Morgan fingerprint density at radius 2 is 2.17 bits per heavy atom. The zero-order chi connectivity index (χ0) is 13.6. The van der Waals surface area contributed by atoms with Crippen LogP contribution >= 0.6 is 0 Å². The summed E-state index contributed by atoms with van der Waals surface area (Å²) in [6.07, 6.45) is 0.901. The molecule has 1 amide bonds. The first kappa shape index (κ1) is 13.2. The standard InChI is InChI=1S/C12H17F2N3O/c1-11(2)12(13,14)6-9(16-11)10(18)17-5-3-4-8(17)7-15/h8-9,16H,3-6H2,1-2H3/t8?,9-/m0/s1. The van der Waals surface area contributed by atoms with Crippen molar-refractivity contribution >= 4 is 5.91 Å². The van der Waals surface area contributed by atoms with Crippen molar-refractivity contribution in [2.45, 2.75) is 56.7 Å². The van der Waals surface area contributed by atoms with E-state index in [-0.39, 0.29) is 5.91 Å². The quantitative estimate of drug-likeness (QED) is 0.769. The smallest absolute Gasteiger partial charge is 0.267 e. The molecule has 4 nitrogen and oxygen atoms in total. The van der Waals surface area contributed by atoms with E-state index >= 15 is 0 Å². The third-order valence-corrected chi connectivity index (χ3v) is 3.89. The Bertz CT molecular complexity index is 387. The van der Waals surface area contributed by atoms with Crippen molar-refractivity contribution in [2.75, 3.05) is 6.54 Å². The molecule has 2 aliphatic heterocycles. The highest BCUT2D eigenvalue weighted by atomic mass is 19.3. The number of nitrogens with one attached hydrogen (secondary N) is 1. The van der Waals surface area contributed by atoms with Gasteiger partial charge in [-0.1, -0.05) is 0 Å². The number of carbonyl (C=O) groups excluding carboxylic acids is 1. The lowest BCUT2D eigenvalue weighted by Gasteiger charge is -2.27. The lowest BCUT2D eigenvalue weighted by Crippen LogP contribution is -2.51. The van der Waals surface area contributed by atoms with E-state index in [0.29, 0.717) is 13.0 Å². The van der Waals surface area contributed by atoms with Gasteiger partial charge in [-0.05, 0) is 26.7 Å². The maximum Gasteiger partial charge on any atom is 0.267 e. The molecule has 0 saturated carbocycles. The second kappa shape index (κ2) is 4.16. The first-order valence-electron chi connectivity index (χ1n) is 6.14. The zero-order valence-electron chi connectivity index (χ0n) is 10.5. The summed E-state index contributed by atoms with van der Waals surface area (Å²) < 4.78 is 27.4. The Kier molecular flexibility index (Phi) is 3.06. The molecule has 0 aliphatic carbocycles. The SMILES string of the molecule is CC1(C)N[C@H](C(=O)N2CCCC2C#N)CC1(F)F. The van der Waals surface area contributed by atoms with E-state index in [1.54, 1.807) is 0 Å². The summed E-state index contributed by atoms with van der Waals surface area (Å²) in [5.74, 6) is -3.28. The molecule has 1 unspecified atom stereocenters. The van der Waals surface area contributed by atoms with Crippen LogP contribution < -0.4 is 5.32 Å². The van der Waals surface area contributed by atoms with Gasteiger partial charge in [-0.15, -0.1) is 0 Å². The number of carbonyl (C=O) groups is 1. The number of amides is 1. The van der Waals surface area contributed by atoms with E-state index < -0.39 is 30.0 Å². The molecule has 2 atom stereocenters. The van der Waals surface area contributed by atoms with Gasteiger partial charge in [0.2, 0.25) is 5.91 Å². The molecule has 0 aromatic rings. The Balaban J connectivity index is 2.11. The fourth-order valence-corrected chi connectivity index (χ4v) is 2.62. The average Bonchev–Trinajstić information content (AvgIpc) is 2.81. The Morgan fingerprint density at radius 3 is 2.67 bits per heavy atom. The molecule has 6 heteroatoms. The molecule has 2 saturated heterocycles. The fraction of sp³-hybridized carbons (Fsp3) is 0.833. The summed E-state index contributed by atoms with van der Waals surface area (Å²) in [6.45, 7) is 3.28. The van der Waals surface area contributed by atoms with E-state index in [4.69, 9.17) is 5.26 Å². The van der Waals surface area contributed by atoms with Gasteiger partial charge in [-0.25, -0.2) is 8.78 Å². The molecule has 0 bridgehead atoms. The van der Waals surface area contributed by atoms with Crippen LogP contribution in [0.15, 0.2) is 0 Å². The van der Waals surface area contributed by atoms with Crippen molar-refractivity contribution in [3.8, 4) is 6.07 Å². The van der Waals surface area contributed by atoms with Crippen LogP contribution in [-0.4, -0.2) is 40.9 Å². The normalized spacial score (nSPS) is 33.4. The molecular weight excluding hydrogens is 240 g/mol. The minimum absolute atomic E-state index is 0.371. The van der Waals surface area contributed by atoms with Gasteiger partial charge in [-0.3, -0.25) is 10.1 Å². The average molecular weight is 257 g/mol. The molecule has 2 fully saturated rings. The first-order valence-corrected chi connectivity index (χ1v) is 6.14. The van der Waals surface area contributed by atoms with Crippen LogP contribution in [0.3, 0.4) is 0 Å². The van der Waals surface area contributed by atoms with Crippen molar-refractivity contribution in [1.29, 1.82) is 5.26 Å². The number of halogens is 2. The van der Waals surface area contributed by atoms with Gasteiger partial charge in [0, 0.05) is 13.0 Å². The molecule has 0 radical (unpaired) electrons. The maximum atomic E-state index is 13.7. The number of rotatable bonds is 1. The van der Waals surface area contributed by atoms with E-state index in [1.165, 1.54) is 18.7 Å². The van der Waals surface area contributed by atoms with Crippen molar-refractivity contribution in [1.82, 2.24) is 10.2 Å². The number of nitriles is 1. The van der Waals surface area contributed by atoms with Crippen molar-refractivity contribution in [3.63, 3.8) is 0 Å². The fourth-order valence-electron chi connectivity index (χ4n) is 2.62. The minimum atomic E-state index is -2.91. The van der Waals surface area contributed by atoms with E-state index in [0.717, 1.165) is 6.42 Å². The van der Waals surface area contributed by atoms with Crippen LogP contribution in [0.2, 0.25) is 0 Å². The number of hydrogen-bond acceptors (Lipinski definition) is 3. The first-order chi connectivity index (χ1) is 8.28. The topological polar surface area (TPSA) is 56.1 Å². The van der Waals surface area contributed by atoms with Crippen molar-refractivity contribution in [3.05, 3.63) is 0 Å². The van der Waals surface area contributed by atoms with Gasteiger partial charge in [0.25, 0.3) is 5.92 Å². The van der Waals surface area contributed by atoms with E-state index in [1.807, 2.05) is 6.07 Å². The van der Waals surface area contributed by atoms with Gasteiger partial charge in [0.1, 0.15) is 6.04 Å². The van der Waals surface area contributed by atoms with Gasteiger partial charge in [-0.2, -0.15) is 5.26 Å². The number of hydrogen-bond donors (Lipinski definition) is 1. The monoisotopic (exact) mass is 257 g/mol. The summed E-state index contributed by atoms with van der Waals surface area (Å²) in [5.41, 5.74) is -1.38. The second-order valence-corrected chi connectivity index (χ2v) is 5.55. The summed E-state index contributed by atoms with van der Waals surface area (Å²) in [7, 11) is 0. The van der Waals surface area contributed by atoms with E-state index in [9.17, 15) is 13.6 Å². The Morgan fingerprint density at radius 1 is 1.50 bits per heavy atom. The molecule has 2 heterocycles. The Labute approximate surface area is 105 Å². The van der Waals surface area contributed by atoms with Crippen molar-refractivity contribution in [2.24, 2.45) is 0 Å². The predicted molar refractivity (Wildman–Crippen MR) is 60.9 cm³/mol. The molecule has 100 valence electrons. The lowest BCUT2D eigenvalue weighted by molar-refractivity contribution is -0.133. The number of alkyl halides is 2. The number of nitrogens with zero attached hydrogens (tertiary/aromatic N) is 2. The summed E-state index contributed by atoms with van der Waals surface area (Å²) in [5, 5.41) is 11.6. The molecule has 0 aromatic heterocycles. The van der Waals surface area contributed by atoms with Crippen LogP contribution in [0.1, 0.15) is 33.1 Å². The number of likely N-dealkylation sites (tertiary alicyclic amines) is 1. The molecule has 0 spiro atoms.